The van der Waals surface area contributed by atoms with Crippen molar-refractivity contribution >= 4 is 40.0 Å². The number of hydrogen-bond donors (Lipinski definition) is 5. The molecular weight excluding hydrogens is 1060 g/mol. The van der Waals surface area contributed by atoms with Gasteiger partial charge in [-0.1, -0.05) is 13.3 Å². The van der Waals surface area contributed by atoms with Crippen LogP contribution in [0.5, 0.6) is 5.75 Å². The third-order valence-electron chi connectivity index (χ3n) is 10.00. The summed E-state index contributed by atoms with van der Waals surface area (Å²) in [6.45, 7) is 11.6. The molecule has 0 saturated carbocycles. The van der Waals surface area contributed by atoms with E-state index in [0.29, 0.717) is 155 Å². The smallest absolute Gasteiger partial charge is 0.313 e. The summed E-state index contributed by atoms with van der Waals surface area (Å²) in [6.07, 6.45) is 5.72. The minimum atomic E-state index is -5.65. The van der Waals surface area contributed by atoms with Crippen molar-refractivity contribution in [2.24, 2.45) is 10.7 Å². The van der Waals surface area contributed by atoms with Crippen LogP contribution in [0.25, 0.3) is 0 Å². The first-order chi connectivity index (χ1) is 37.2. The summed E-state index contributed by atoms with van der Waals surface area (Å²) in [5.74, 6) is -12.8. The van der Waals surface area contributed by atoms with E-state index in [1.165, 1.54) is 5.06 Å². The zero-order valence-electron chi connectivity index (χ0n) is 43.9. The van der Waals surface area contributed by atoms with Crippen LogP contribution in [0.1, 0.15) is 58.8 Å². The van der Waals surface area contributed by atoms with Gasteiger partial charge in [0.15, 0.2) is 16.5 Å². The van der Waals surface area contributed by atoms with Gasteiger partial charge in [-0.25, -0.2) is 18.8 Å². The fourth-order valence-electron chi connectivity index (χ4n) is 6.35. The molecule has 1 aliphatic rings. The summed E-state index contributed by atoms with van der Waals surface area (Å²) in [5, 5.41) is 15.2. The van der Waals surface area contributed by atoms with Crippen molar-refractivity contribution in [2.45, 2.75) is 63.7 Å². The number of nitrogens with one attached hydrogen (secondary N) is 3. The summed E-state index contributed by atoms with van der Waals surface area (Å²) in [6, 6.07) is 0. The van der Waals surface area contributed by atoms with E-state index in [1.807, 2.05) is 13.8 Å². The molecule has 6 N–H and O–H groups in total. The molecule has 2 amide bonds. The predicted molar refractivity (Wildman–Crippen MR) is 268 cm³/mol. The highest BCUT2D eigenvalue weighted by atomic mass is 32.2. The molecule has 77 heavy (non-hydrogen) atoms. The zero-order chi connectivity index (χ0) is 56.5. The van der Waals surface area contributed by atoms with Crippen molar-refractivity contribution in [1.29, 1.82) is 5.41 Å². The van der Waals surface area contributed by atoms with E-state index < -0.39 is 56.4 Å². The van der Waals surface area contributed by atoms with Crippen LogP contribution in [0.2, 0.25) is 0 Å². The summed E-state index contributed by atoms with van der Waals surface area (Å²) >= 11 is 0. The highest BCUT2D eigenvalue weighted by Gasteiger charge is 2.34. The van der Waals surface area contributed by atoms with Gasteiger partial charge in [0.25, 0.3) is 5.91 Å². The van der Waals surface area contributed by atoms with E-state index in [9.17, 15) is 40.4 Å². The highest BCUT2D eigenvalue weighted by Crippen LogP contribution is 2.32. The maximum absolute atomic E-state index is 14.0. The number of aliphatic imine (C=N–C) groups is 1. The number of carbonyl (C=O) groups excluding carboxylic acids is 3. The maximum atomic E-state index is 14.0. The van der Waals surface area contributed by atoms with Crippen LogP contribution < -0.4 is 21.1 Å². The number of rotatable bonds is 48. The Kier molecular flexibility index (Phi) is 37.5. The molecule has 29 heteroatoms. The number of nitrogens with two attached hydrogens (primary N) is 1. The van der Waals surface area contributed by atoms with Crippen molar-refractivity contribution in [1.82, 2.24) is 15.7 Å². The number of amidine groups is 1. The lowest BCUT2D eigenvalue weighted by Gasteiger charge is -2.22. The Hall–Kier alpha value is -4.76. The molecule has 1 heterocycles. The average Bonchev–Trinajstić information content (AvgIpc) is 3.56. The number of benzene rings is 1. The number of carbonyl (C=O) groups is 3. The lowest BCUT2D eigenvalue weighted by Crippen LogP contribution is -2.34. The van der Waals surface area contributed by atoms with Gasteiger partial charge in [-0.15, -0.1) is 0 Å². The Bertz CT molecular complexity index is 2080. The van der Waals surface area contributed by atoms with Gasteiger partial charge in [-0.3, -0.25) is 23.8 Å². The molecule has 0 saturated heterocycles. The van der Waals surface area contributed by atoms with E-state index in [0.717, 1.165) is 25.5 Å². The minimum absolute atomic E-state index is 0.0172. The monoisotopic (exact) mass is 1130 g/mol. The molecule has 0 unspecified atom stereocenters. The second kappa shape index (κ2) is 42.2. The molecule has 0 radical (unpaired) electrons. The average molecular weight is 1130 g/mol. The van der Waals surface area contributed by atoms with Crippen LogP contribution in [0, 0.1) is 28.7 Å². The van der Waals surface area contributed by atoms with E-state index in [2.05, 4.69) is 20.4 Å². The van der Waals surface area contributed by atoms with Crippen molar-refractivity contribution in [2.75, 3.05) is 158 Å². The van der Waals surface area contributed by atoms with Gasteiger partial charge < -0.3 is 73.9 Å². The van der Waals surface area contributed by atoms with Gasteiger partial charge >= 0.3 is 16.1 Å². The van der Waals surface area contributed by atoms with Crippen LogP contribution in [0.4, 0.5) is 17.6 Å². The second-order valence-electron chi connectivity index (χ2n) is 16.0. The summed E-state index contributed by atoms with van der Waals surface area (Å²) in [5.41, 5.74) is 7.35. The Labute approximate surface area is 446 Å². The summed E-state index contributed by atoms with van der Waals surface area (Å²) < 4.78 is 145. The molecule has 0 bridgehead atoms. The van der Waals surface area contributed by atoms with Crippen LogP contribution in [0.3, 0.4) is 0 Å². The molecule has 1 aliphatic heterocycles. The topological polar surface area (TPSA) is 306 Å². The Morgan fingerprint density at radius 2 is 1.13 bits per heavy atom. The molecule has 440 valence electrons. The van der Waals surface area contributed by atoms with Gasteiger partial charge in [0.05, 0.1) is 151 Å². The van der Waals surface area contributed by atoms with Crippen molar-refractivity contribution in [3.8, 4) is 5.75 Å². The third-order valence-corrected chi connectivity index (χ3v) is 10.9. The normalized spacial score (nSPS) is 12.8. The minimum Gasteiger partial charge on any atom is -0.420 e. The molecule has 1 aromatic carbocycles. The van der Waals surface area contributed by atoms with E-state index in [4.69, 9.17) is 67.9 Å². The van der Waals surface area contributed by atoms with Crippen LogP contribution in [-0.4, -0.2) is 206 Å². The number of esters is 1. The molecule has 0 aromatic heterocycles. The van der Waals surface area contributed by atoms with E-state index >= 15 is 0 Å². The standard InChI is InChI=1S/C48H76F4N6O18S/c1-3-12-58(75-4-2)48(61)36-33-37(38(35-53)57-39(54)34-36)55-10-7-5-6-8-40(59)56-11-14-66-16-18-68-20-22-70-24-26-72-28-30-74-32-31-73-29-27-71-25-23-69-21-19-67-17-15-65-13-9-41(60)76-46-42(49)44(51)47(77(62,63)64)45(52)43(46)50/h33,35,53,55H,3-32,34H2,1-2H3,(H2,54,57)(H,56,59)(H,62,63,64). The molecule has 0 atom stereocenters. The van der Waals surface area contributed by atoms with Crippen molar-refractivity contribution in [3.05, 3.63) is 46.3 Å². The SMILES string of the molecule is CCCN(OCC)C(=O)C1=CC(NCCCCCC(=O)NCCOCCOCCOCCOCCOCCOCCOCCOCCOCCOCCC(=O)Oc2c(F)c(F)c(S(=O)(=O)O)c(F)c2F)=C(C=N)N=C(N)C1. The molecule has 1 aromatic rings. The number of amides is 2. The predicted octanol–water partition coefficient (Wildman–Crippen LogP) is 2.96. The van der Waals surface area contributed by atoms with E-state index in [1.54, 1.807) is 6.08 Å². The van der Waals surface area contributed by atoms with Gasteiger partial charge in [0, 0.05) is 44.3 Å². The largest absolute Gasteiger partial charge is 0.420 e. The van der Waals surface area contributed by atoms with Crippen molar-refractivity contribution in [3.63, 3.8) is 0 Å². The van der Waals surface area contributed by atoms with Crippen LogP contribution in [0.15, 0.2) is 32.9 Å². The Balaban J connectivity index is 1.29. The first-order valence-electron chi connectivity index (χ1n) is 25.2. The fraction of sp³-hybridized carbons (Fsp3) is 0.688. The molecule has 2 rings (SSSR count). The number of halogens is 4. The van der Waals surface area contributed by atoms with Crippen LogP contribution >= 0.6 is 0 Å². The molecule has 24 nitrogen and oxygen atoms in total. The Morgan fingerprint density at radius 3 is 1.56 bits per heavy atom. The number of hydrogen-bond acceptors (Lipinski definition) is 21. The molecule has 0 spiro atoms. The lowest BCUT2D eigenvalue weighted by atomic mass is 10.1. The number of allylic oxidation sites excluding steroid dienone is 2. The van der Waals surface area contributed by atoms with Gasteiger partial charge in [-0.05, 0) is 32.3 Å². The second-order valence-corrected chi connectivity index (χ2v) is 17.4. The van der Waals surface area contributed by atoms with Crippen LogP contribution in [-0.2, 0) is 76.7 Å². The van der Waals surface area contributed by atoms with Gasteiger partial charge in [0.2, 0.25) is 23.3 Å². The fourth-order valence-corrected chi connectivity index (χ4v) is 6.98. The number of ether oxygens (including phenoxy) is 11. The third kappa shape index (κ3) is 30.3. The highest BCUT2D eigenvalue weighted by molar-refractivity contribution is 7.85. The number of nitrogens with zero attached hydrogens (tertiary/aromatic N) is 2. The van der Waals surface area contributed by atoms with Crippen molar-refractivity contribution < 1.29 is 102 Å². The Morgan fingerprint density at radius 1 is 0.675 bits per heavy atom. The summed E-state index contributed by atoms with van der Waals surface area (Å²) in [7, 11) is -5.65. The van der Waals surface area contributed by atoms with Gasteiger partial charge in [0.1, 0.15) is 11.5 Å². The number of unbranched alkanes of at least 4 members (excludes halogenated alkanes) is 2. The van der Waals surface area contributed by atoms with Gasteiger partial charge in [-0.2, -0.15) is 17.2 Å². The zero-order valence-corrected chi connectivity index (χ0v) is 44.7. The maximum Gasteiger partial charge on any atom is 0.313 e. The summed E-state index contributed by atoms with van der Waals surface area (Å²) in [4.78, 5) is 44.8. The first kappa shape index (κ1) is 68.3. The quantitative estimate of drug-likeness (QED) is 0.00916. The molecule has 0 fully saturated rings. The lowest BCUT2D eigenvalue weighted by molar-refractivity contribution is -0.180. The van der Waals surface area contributed by atoms with E-state index in [-0.39, 0.29) is 57.1 Å². The molecule has 0 aliphatic carbocycles. The number of hydroxylamine groups is 2. The first-order valence-corrected chi connectivity index (χ1v) is 26.6. The molecular formula is C48H76F4N6O18S.